The molecule has 0 aromatic carbocycles. The highest BCUT2D eigenvalue weighted by Gasteiger charge is 2.34. The number of amides is 2. The first kappa shape index (κ1) is 14.9. The Kier molecular flexibility index (Phi) is 5.57. The molecule has 0 saturated heterocycles. The minimum Gasteiger partial charge on any atom is -0.275 e. The highest BCUT2D eigenvalue weighted by atomic mass is 16.2. The lowest BCUT2D eigenvalue weighted by atomic mass is 9.94. The Hall–Kier alpha value is -1.12. The van der Waals surface area contributed by atoms with Crippen LogP contribution in [0.15, 0.2) is 11.6 Å². The fourth-order valence-electron chi connectivity index (χ4n) is 2.53. The van der Waals surface area contributed by atoms with Crippen LogP contribution in [-0.4, -0.2) is 23.3 Å². The summed E-state index contributed by atoms with van der Waals surface area (Å²) in [4.78, 5) is 25.6. The maximum absolute atomic E-state index is 12.3. The Labute approximate surface area is 110 Å². The van der Waals surface area contributed by atoms with Crippen LogP contribution in [-0.2, 0) is 9.59 Å². The van der Waals surface area contributed by atoms with Gasteiger partial charge in [0.05, 0.1) is 0 Å². The van der Waals surface area contributed by atoms with Gasteiger partial charge in [-0.3, -0.25) is 14.5 Å². The average molecular weight is 251 g/mol. The van der Waals surface area contributed by atoms with Crippen molar-refractivity contribution < 1.29 is 9.59 Å². The van der Waals surface area contributed by atoms with E-state index in [2.05, 4.69) is 27.7 Å². The topological polar surface area (TPSA) is 37.4 Å². The van der Waals surface area contributed by atoms with Gasteiger partial charge in [-0.25, -0.2) is 0 Å². The minimum absolute atomic E-state index is 0.0550. The van der Waals surface area contributed by atoms with Crippen molar-refractivity contribution in [2.24, 2.45) is 11.8 Å². The molecule has 2 amide bonds. The summed E-state index contributed by atoms with van der Waals surface area (Å²) in [6.45, 7) is 8.92. The minimum atomic E-state index is -0.117. The van der Waals surface area contributed by atoms with Crippen LogP contribution in [0.2, 0.25) is 0 Å². The van der Waals surface area contributed by atoms with E-state index >= 15 is 0 Å². The highest BCUT2D eigenvalue weighted by Crippen LogP contribution is 2.27. The SMILES string of the molecule is CCC(CC)CN1C(=O)C=C(C(CC)CC)C1=O. The van der Waals surface area contributed by atoms with E-state index in [0.29, 0.717) is 12.5 Å². The van der Waals surface area contributed by atoms with Gasteiger partial charge in [-0.05, 0) is 24.7 Å². The molecule has 0 atom stereocenters. The number of nitrogens with zero attached hydrogens (tertiary/aromatic N) is 1. The highest BCUT2D eigenvalue weighted by molar-refractivity contribution is 6.16. The molecule has 0 N–H and O–H groups in total. The largest absolute Gasteiger partial charge is 0.275 e. The van der Waals surface area contributed by atoms with Crippen molar-refractivity contribution in [3.8, 4) is 0 Å². The Morgan fingerprint density at radius 1 is 1.00 bits per heavy atom. The predicted molar refractivity (Wildman–Crippen MR) is 72.9 cm³/mol. The normalized spacial score (nSPS) is 16.1. The molecule has 0 fully saturated rings. The van der Waals surface area contributed by atoms with Crippen molar-refractivity contribution in [3.63, 3.8) is 0 Å². The summed E-state index contributed by atoms with van der Waals surface area (Å²) in [5, 5.41) is 0. The van der Waals surface area contributed by atoms with Gasteiger partial charge >= 0.3 is 0 Å². The van der Waals surface area contributed by atoms with Crippen LogP contribution in [0.1, 0.15) is 53.4 Å². The van der Waals surface area contributed by atoms with Gasteiger partial charge in [0.15, 0.2) is 0 Å². The maximum Gasteiger partial charge on any atom is 0.257 e. The van der Waals surface area contributed by atoms with Crippen molar-refractivity contribution in [3.05, 3.63) is 11.6 Å². The second-order valence-electron chi connectivity index (χ2n) is 5.05. The number of imide groups is 1. The third-order valence-electron chi connectivity index (χ3n) is 4.06. The summed E-state index contributed by atoms with van der Waals surface area (Å²) >= 11 is 0. The van der Waals surface area contributed by atoms with Gasteiger partial charge in [0.1, 0.15) is 0 Å². The molecule has 1 rings (SSSR count). The van der Waals surface area contributed by atoms with Crippen molar-refractivity contribution in [2.45, 2.75) is 53.4 Å². The summed E-state index contributed by atoms with van der Waals surface area (Å²) < 4.78 is 0. The van der Waals surface area contributed by atoms with Gasteiger partial charge in [-0.15, -0.1) is 0 Å². The summed E-state index contributed by atoms with van der Waals surface area (Å²) in [7, 11) is 0. The first-order valence-electron chi connectivity index (χ1n) is 7.16. The molecule has 3 heteroatoms. The monoisotopic (exact) mass is 251 g/mol. The first-order valence-corrected chi connectivity index (χ1v) is 7.16. The van der Waals surface area contributed by atoms with Crippen LogP contribution in [0.25, 0.3) is 0 Å². The zero-order valence-corrected chi connectivity index (χ0v) is 12.0. The fraction of sp³-hybridized carbons (Fsp3) is 0.733. The number of carbonyl (C=O) groups is 2. The molecular weight excluding hydrogens is 226 g/mol. The molecule has 18 heavy (non-hydrogen) atoms. The van der Waals surface area contributed by atoms with E-state index in [4.69, 9.17) is 0 Å². The number of rotatable bonds is 7. The van der Waals surface area contributed by atoms with Crippen molar-refractivity contribution in [2.75, 3.05) is 6.54 Å². The van der Waals surface area contributed by atoms with E-state index in [1.807, 2.05) is 0 Å². The molecule has 3 nitrogen and oxygen atoms in total. The van der Waals surface area contributed by atoms with E-state index in [1.165, 1.54) is 4.90 Å². The van der Waals surface area contributed by atoms with Crippen LogP contribution < -0.4 is 0 Å². The molecule has 0 spiro atoms. The molecule has 0 aromatic rings. The Balaban J connectivity index is 2.78. The fourth-order valence-corrected chi connectivity index (χ4v) is 2.53. The first-order chi connectivity index (χ1) is 8.58. The lowest BCUT2D eigenvalue weighted by Gasteiger charge is -2.22. The van der Waals surface area contributed by atoms with Crippen LogP contribution in [0.3, 0.4) is 0 Å². The molecule has 0 radical (unpaired) electrons. The van der Waals surface area contributed by atoms with Gasteiger partial charge in [0.25, 0.3) is 11.8 Å². The zero-order chi connectivity index (χ0) is 13.7. The Morgan fingerprint density at radius 2 is 1.56 bits per heavy atom. The number of carbonyl (C=O) groups excluding carboxylic acids is 2. The number of hydrogen-bond acceptors (Lipinski definition) is 2. The zero-order valence-electron chi connectivity index (χ0n) is 12.0. The van der Waals surface area contributed by atoms with E-state index in [9.17, 15) is 9.59 Å². The lowest BCUT2D eigenvalue weighted by molar-refractivity contribution is -0.138. The summed E-state index contributed by atoms with van der Waals surface area (Å²) in [5.74, 6) is 0.481. The molecule has 0 bridgehead atoms. The van der Waals surface area contributed by atoms with Gasteiger partial charge in [-0.2, -0.15) is 0 Å². The molecule has 1 aliphatic heterocycles. The molecule has 1 heterocycles. The van der Waals surface area contributed by atoms with Crippen LogP contribution in [0, 0.1) is 11.8 Å². The molecule has 0 aliphatic carbocycles. The van der Waals surface area contributed by atoms with E-state index in [1.54, 1.807) is 6.08 Å². The van der Waals surface area contributed by atoms with Gasteiger partial charge in [0.2, 0.25) is 0 Å². The predicted octanol–water partition coefficient (Wildman–Crippen LogP) is 3.15. The van der Waals surface area contributed by atoms with Gasteiger partial charge in [0, 0.05) is 18.2 Å². The molecular formula is C15H25NO2. The Bertz CT molecular complexity index is 338. The van der Waals surface area contributed by atoms with Crippen molar-refractivity contribution in [1.29, 1.82) is 0 Å². The van der Waals surface area contributed by atoms with Crippen LogP contribution >= 0.6 is 0 Å². The summed E-state index contributed by atoms with van der Waals surface area (Å²) in [6.07, 6.45) is 5.41. The Morgan fingerprint density at radius 3 is 2.00 bits per heavy atom. The molecule has 102 valence electrons. The standard InChI is InChI=1S/C15H25NO2/c1-5-11(6-2)10-16-14(17)9-13(15(16)18)12(7-3)8-4/h9,11-12H,5-8,10H2,1-4H3. The quantitative estimate of drug-likeness (QED) is 0.652. The van der Waals surface area contributed by atoms with E-state index in [-0.39, 0.29) is 17.7 Å². The summed E-state index contributed by atoms with van der Waals surface area (Å²) in [6, 6.07) is 0. The lowest BCUT2D eigenvalue weighted by Crippen LogP contribution is -2.36. The van der Waals surface area contributed by atoms with Crippen LogP contribution in [0.4, 0.5) is 0 Å². The average Bonchev–Trinajstić information content (AvgIpc) is 2.65. The third kappa shape index (κ3) is 3.01. The second-order valence-corrected chi connectivity index (χ2v) is 5.05. The number of hydrogen-bond donors (Lipinski definition) is 0. The van der Waals surface area contributed by atoms with Gasteiger partial charge < -0.3 is 0 Å². The summed E-state index contributed by atoms with van der Waals surface area (Å²) in [5.41, 5.74) is 0.718. The molecule has 0 saturated carbocycles. The van der Waals surface area contributed by atoms with E-state index in [0.717, 1.165) is 31.3 Å². The van der Waals surface area contributed by atoms with E-state index < -0.39 is 0 Å². The van der Waals surface area contributed by atoms with Crippen LogP contribution in [0.5, 0.6) is 0 Å². The van der Waals surface area contributed by atoms with Crippen molar-refractivity contribution >= 4 is 11.8 Å². The maximum atomic E-state index is 12.3. The molecule has 1 aliphatic rings. The molecule has 0 aromatic heterocycles. The molecule has 0 unspecified atom stereocenters. The van der Waals surface area contributed by atoms with Gasteiger partial charge in [-0.1, -0.05) is 40.5 Å². The second kappa shape index (κ2) is 6.72. The van der Waals surface area contributed by atoms with Crippen molar-refractivity contribution in [1.82, 2.24) is 4.90 Å². The smallest absolute Gasteiger partial charge is 0.257 e. The third-order valence-corrected chi connectivity index (χ3v) is 4.06.